The van der Waals surface area contributed by atoms with Crippen LogP contribution in [-0.4, -0.2) is 46.4 Å². The number of carbonyl (C=O) groups is 2. The van der Waals surface area contributed by atoms with Crippen molar-refractivity contribution < 1.29 is 14.7 Å². The van der Waals surface area contributed by atoms with Crippen LogP contribution in [0.1, 0.15) is 0 Å². The molecule has 0 aliphatic heterocycles. The fourth-order valence-corrected chi connectivity index (χ4v) is 23.7. The topological polar surface area (TPSA) is 106 Å². The number of hydrogen-bond donors (Lipinski definition) is 3. The van der Waals surface area contributed by atoms with Gasteiger partial charge in [-0.1, -0.05) is 58.9 Å². The van der Waals surface area contributed by atoms with Crippen LogP contribution in [-0.2, 0) is 9.59 Å². The van der Waals surface area contributed by atoms with E-state index in [-0.39, 0.29) is 0 Å². The lowest BCUT2D eigenvalue weighted by atomic mass is 10.1. The number of amides is 1. The fraction of sp³-hybridized carbons (Fsp3) is 0.846. The summed E-state index contributed by atoms with van der Waals surface area (Å²) in [5.74, 6) is -1.60. The number of primary amides is 1. The van der Waals surface area contributed by atoms with Gasteiger partial charge in [0.25, 0.3) is 0 Å². The summed E-state index contributed by atoms with van der Waals surface area (Å²) < 4.78 is -1.11. The van der Waals surface area contributed by atoms with Crippen LogP contribution in [0.4, 0.5) is 0 Å². The summed E-state index contributed by atoms with van der Waals surface area (Å²) in [7, 11) is -7.10. The first-order valence-electron chi connectivity index (χ1n) is 7.21. The number of rotatable bonds is 6. The number of hydrogen-bond acceptors (Lipinski definition) is 3. The second-order valence-corrected chi connectivity index (χ2v) is 25.3. The van der Waals surface area contributed by atoms with E-state index in [1.54, 1.807) is 0 Å². The van der Waals surface area contributed by atoms with E-state index in [2.05, 4.69) is 0 Å². The van der Waals surface area contributed by atoms with Crippen LogP contribution < -0.4 is 11.5 Å². The summed E-state index contributed by atoms with van der Waals surface area (Å²) in [6.45, 7) is 17.8. The Kier molecular flexibility index (Phi) is 5.21. The van der Waals surface area contributed by atoms with E-state index in [1.165, 1.54) is 0 Å². The highest BCUT2D eigenvalue weighted by Crippen LogP contribution is 2.56. The first-order valence-corrected chi connectivity index (χ1v) is 17.7. The van der Waals surface area contributed by atoms with Gasteiger partial charge in [0.1, 0.15) is 5.16 Å². The van der Waals surface area contributed by atoms with Gasteiger partial charge >= 0.3 is 5.97 Å². The highest BCUT2D eigenvalue weighted by molar-refractivity contribution is 7.06. The molecule has 0 aliphatic carbocycles. The molecule has 1 amide bonds. The van der Waals surface area contributed by atoms with E-state index in [9.17, 15) is 14.7 Å². The van der Waals surface area contributed by atoms with E-state index < -0.39 is 45.9 Å². The quantitative estimate of drug-likeness (QED) is 0.639. The average Bonchev–Trinajstić information content (AvgIpc) is 2.09. The smallest absolute Gasteiger partial charge is 0.320 e. The molecule has 8 heteroatoms. The van der Waals surface area contributed by atoms with Crippen molar-refractivity contribution >= 4 is 36.1 Å². The Morgan fingerprint density at radius 2 is 1.10 bits per heavy atom. The highest BCUT2D eigenvalue weighted by atomic mass is 28.4. The SMILES string of the molecule is C[Si](C)(C)C(C(N)=O)([C@](N)(C(=O)O)[Si](C)(C)C)[Si](C)(C)C. The van der Waals surface area contributed by atoms with Crippen LogP contribution in [0.3, 0.4) is 0 Å². The third kappa shape index (κ3) is 2.66. The zero-order chi connectivity index (χ0) is 17.7. The average molecular weight is 349 g/mol. The second-order valence-electron chi connectivity index (χ2n) is 8.98. The van der Waals surface area contributed by atoms with E-state index >= 15 is 0 Å². The molecule has 0 aromatic carbocycles. The predicted octanol–water partition coefficient (Wildman–Crippen LogP) is 2.09. The van der Waals surface area contributed by atoms with Crippen molar-refractivity contribution in [2.75, 3.05) is 0 Å². The van der Waals surface area contributed by atoms with Gasteiger partial charge in [-0.05, 0) is 0 Å². The highest BCUT2D eigenvalue weighted by Gasteiger charge is 2.73. The minimum atomic E-state index is -2.44. The molecule has 5 N–H and O–H groups in total. The van der Waals surface area contributed by atoms with Crippen LogP contribution in [0.5, 0.6) is 0 Å². The molecule has 0 bridgehead atoms. The van der Waals surface area contributed by atoms with Crippen molar-refractivity contribution in [3.8, 4) is 0 Å². The molecule has 0 spiro atoms. The molecule has 124 valence electrons. The largest absolute Gasteiger partial charge is 0.480 e. The van der Waals surface area contributed by atoms with Crippen molar-refractivity contribution in [2.24, 2.45) is 11.5 Å². The summed E-state index contributed by atoms with van der Waals surface area (Å²) in [6.07, 6.45) is 0. The Hall–Kier alpha value is -0.449. The minimum Gasteiger partial charge on any atom is -0.480 e. The maximum Gasteiger partial charge on any atom is 0.320 e. The van der Waals surface area contributed by atoms with Gasteiger partial charge in [-0.15, -0.1) is 0 Å². The van der Waals surface area contributed by atoms with Gasteiger partial charge in [-0.3, -0.25) is 9.59 Å². The molecular weight excluding hydrogens is 316 g/mol. The van der Waals surface area contributed by atoms with Gasteiger partial charge in [0.05, 0.1) is 28.9 Å². The van der Waals surface area contributed by atoms with Gasteiger partial charge in [0.2, 0.25) is 5.91 Å². The van der Waals surface area contributed by atoms with Crippen molar-refractivity contribution in [3.63, 3.8) is 0 Å². The van der Waals surface area contributed by atoms with Crippen LogP contribution in [0.15, 0.2) is 0 Å². The first kappa shape index (κ1) is 20.6. The maximum atomic E-state index is 12.7. The standard InChI is InChI=1S/C13H32N2O3Si3/c1-19(2,3)12(15,11(17)18)13(10(14)16,20(4,5)6)21(7,8)9/h15H2,1-9H3,(H2,14,16)(H,17,18)/t12-/m0/s1. The van der Waals surface area contributed by atoms with Crippen LogP contribution in [0, 0.1) is 0 Å². The Balaban J connectivity index is 7.11. The third-order valence-electron chi connectivity index (χ3n) is 4.73. The summed E-state index contributed by atoms with van der Waals surface area (Å²) in [4.78, 5) is 24.9. The van der Waals surface area contributed by atoms with Gasteiger partial charge in [-0.2, -0.15) is 0 Å². The normalized spacial score (nSPS) is 17.2. The molecule has 0 aliphatic rings. The molecular formula is C13H32N2O3Si3. The summed E-state index contributed by atoms with van der Waals surface area (Å²) in [5.41, 5.74) is 12.5. The van der Waals surface area contributed by atoms with Crippen molar-refractivity contribution in [2.45, 2.75) is 68.7 Å². The molecule has 0 aromatic rings. The first-order chi connectivity index (χ1) is 8.89. The van der Waals surface area contributed by atoms with Crippen LogP contribution in [0.25, 0.3) is 0 Å². The fourth-order valence-electron chi connectivity index (χ4n) is 4.29. The molecule has 0 fully saturated rings. The molecule has 0 radical (unpaired) electrons. The van der Waals surface area contributed by atoms with Gasteiger partial charge in [0, 0.05) is 0 Å². The predicted molar refractivity (Wildman–Crippen MR) is 96.5 cm³/mol. The van der Waals surface area contributed by atoms with Gasteiger partial charge in [-0.25, -0.2) is 0 Å². The maximum absolute atomic E-state index is 12.7. The molecule has 0 aromatic heterocycles. The number of carboxylic acids is 1. The molecule has 0 saturated heterocycles. The third-order valence-corrected chi connectivity index (χ3v) is 18.5. The molecule has 21 heavy (non-hydrogen) atoms. The zero-order valence-electron chi connectivity index (χ0n) is 14.9. The van der Waals surface area contributed by atoms with Gasteiger partial charge in [0.15, 0.2) is 0 Å². The summed E-state index contributed by atoms with van der Waals surface area (Å²) in [6, 6.07) is 0. The van der Waals surface area contributed by atoms with E-state index in [1.807, 2.05) is 58.9 Å². The summed E-state index contributed by atoms with van der Waals surface area (Å²) in [5, 5.41) is 8.47. The number of nitrogens with two attached hydrogens (primary N) is 2. The minimum absolute atomic E-state index is 0.520. The molecule has 0 saturated carbocycles. The van der Waals surface area contributed by atoms with E-state index in [0.717, 1.165) is 0 Å². The van der Waals surface area contributed by atoms with E-state index in [0.29, 0.717) is 0 Å². The lowest BCUT2D eigenvalue weighted by Crippen LogP contribution is -2.83. The zero-order valence-corrected chi connectivity index (χ0v) is 17.9. The molecule has 5 nitrogen and oxygen atoms in total. The van der Waals surface area contributed by atoms with Crippen LogP contribution >= 0.6 is 0 Å². The van der Waals surface area contributed by atoms with Crippen LogP contribution in [0.2, 0.25) is 63.6 Å². The van der Waals surface area contributed by atoms with Gasteiger partial charge < -0.3 is 16.6 Å². The Morgan fingerprint density at radius 1 is 0.810 bits per heavy atom. The Labute approximate surface area is 131 Å². The number of aliphatic carboxylic acids is 1. The Morgan fingerprint density at radius 3 is 1.14 bits per heavy atom. The number of carboxylic acid groups (broad SMARTS) is 1. The lowest BCUT2D eigenvalue weighted by Gasteiger charge is -2.60. The van der Waals surface area contributed by atoms with Crippen molar-refractivity contribution in [1.29, 1.82) is 0 Å². The number of carbonyl (C=O) groups excluding carboxylic acids is 1. The Bertz CT molecular complexity index is 433. The second kappa shape index (κ2) is 5.32. The van der Waals surface area contributed by atoms with Crippen molar-refractivity contribution in [1.82, 2.24) is 0 Å². The van der Waals surface area contributed by atoms with Crippen molar-refractivity contribution in [3.05, 3.63) is 0 Å². The monoisotopic (exact) mass is 348 g/mol. The lowest BCUT2D eigenvalue weighted by molar-refractivity contribution is -0.143. The van der Waals surface area contributed by atoms with E-state index in [4.69, 9.17) is 11.5 Å². The molecule has 0 heterocycles. The molecule has 0 rings (SSSR count). The molecule has 1 atom stereocenters. The summed E-state index contributed by atoms with van der Waals surface area (Å²) >= 11 is 0. The molecule has 0 unspecified atom stereocenters.